The Labute approximate surface area is 127 Å². The van der Waals surface area contributed by atoms with Gasteiger partial charge in [-0.25, -0.2) is 0 Å². The van der Waals surface area contributed by atoms with Crippen molar-refractivity contribution in [2.75, 3.05) is 6.54 Å². The van der Waals surface area contributed by atoms with Crippen LogP contribution in [0.2, 0.25) is 5.02 Å². The quantitative estimate of drug-likeness (QED) is 0.759. The highest BCUT2D eigenvalue weighted by molar-refractivity contribution is 6.31. The summed E-state index contributed by atoms with van der Waals surface area (Å²) in [6.07, 6.45) is 2.64. The van der Waals surface area contributed by atoms with Crippen LogP contribution in [-0.4, -0.2) is 16.6 Å². The highest BCUT2D eigenvalue weighted by Crippen LogP contribution is 2.22. The third kappa shape index (κ3) is 3.24. The molecule has 0 aliphatic rings. The zero-order valence-corrected chi connectivity index (χ0v) is 12.0. The van der Waals surface area contributed by atoms with E-state index >= 15 is 0 Å². The molecule has 0 bridgehead atoms. The molecule has 0 aliphatic heterocycles. The van der Waals surface area contributed by atoms with E-state index in [1.54, 1.807) is 24.6 Å². The van der Waals surface area contributed by atoms with Crippen LogP contribution in [0.3, 0.4) is 0 Å². The minimum absolute atomic E-state index is 0.397. The summed E-state index contributed by atoms with van der Waals surface area (Å²) >= 11 is 6.13. The molecule has 2 N–H and O–H groups in total. The first-order valence-electron chi connectivity index (χ1n) is 6.69. The average molecular weight is 303 g/mol. The maximum Gasteiger partial charge on any atom is 0.133 e. The minimum atomic E-state index is -0.668. The van der Waals surface area contributed by atoms with Crippen LogP contribution >= 0.6 is 11.6 Å². The van der Waals surface area contributed by atoms with Crippen molar-refractivity contribution in [3.63, 3.8) is 0 Å². The zero-order chi connectivity index (χ0) is 14.7. The third-order valence-electron chi connectivity index (χ3n) is 3.27. The van der Waals surface area contributed by atoms with Crippen LogP contribution < -0.4 is 5.32 Å². The van der Waals surface area contributed by atoms with Gasteiger partial charge in [0.05, 0.1) is 11.8 Å². The van der Waals surface area contributed by atoms with Crippen molar-refractivity contribution in [1.82, 2.24) is 10.3 Å². The molecule has 0 amide bonds. The molecule has 108 valence electrons. The molecule has 1 aromatic carbocycles. The first kappa shape index (κ1) is 14.1. The van der Waals surface area contributed by atoms with Gasteiger partial charge in [-0.1, -0.05) is 17.7 Å². The molecule has 0 radical (unpaired) electrons. The Morgan fingerprint density at radius 1 is 1.29 bits per heavy atom. The molecule has 0 saturated carbocycles. The van der Waals surface area contributed by atoms with E-state index in [9.17, 15) is 5.11 Å². The number of hydrogen-bond acceptors (Lipinski definition) is 4. The van der Waals surface area contributed by atoms with Gasteiger partial charge in [-0.3, -0.25) is 4.98 Å². The van der Waals surface area contributed by atoms with E-state index in [2.05, 4.69) is 10.3 Å². The van der Waals surface area contributed by atoms with Gasteiger partial charge in [0.2, 0.25) is 0 Å². The second-order valence-electron chi connectivity index (χ2n) is 4.80. The van der Waals surface area contributed by atoms with Gasteiger partial charge < -0.3 is 14.8 Å². The lowest BCUT2D eigenvalue weighted by molar-refractivity contribution is 0.147. The standard InChI is InChI=1S/C16H15ClN2O2/c17-13-7-11-3-1-5-19-16(11)12(8-13)9-18-10-14(20)15-4-2-6-21-15/h1-8,14,18,20H,9-10H2. The number of nitrogens with one attached hydrogen (secondary N) is 1. The van der Waals surface area contributed by atoms with Gasteiger partial charge in [-0.05, 0) is 35.9 Å². The van der Waals surface area contributed by atoms with E-state index in [0.29, 0.717) is 23.9 Å². The molecule has 0 aliphatic carbocycles. The Bertz CT molecular complexity index is 728. The fourth-order valence-corrected chi connectivity index (χ4v) is 2.54. The second kappa shape index (κ2) is 6.26. The van der Waals surface area contributed by atoms with E-state index in [1.165, 1.54) is 0 Å². The Balaban J connectivity index is 1.71. The molecule has 0 fully saturated rings. The van der Waals surface area contributed by atoms with Gasteiger partial charge in [-0.15, -0.1) is 0 Å². The molecule has 5 heteroatoms. The Hall–Kier alpha value is -1.88. The smallest absolute Gasteiger partial charge is 0.133 e. The molecule has 21 heavy (non-hydrogen) atoms. The SMILES string of the molecule is OC(CNCc1cc(Cl)cc2cccnc12)c1ccco1. The van der Waals surface area contributed by atoms with Crippen LogP contribution in [0.15, 0.2) is 53.3 Å². The van der Waals surface area contributed by atoms with Gasteiger partial charge in [0.1, 0.15) is 11.9 Å². The molecular formula is C16H15ClN2O2. The third-order valence-corrected chi connectivity index (χ3v) is 3.49. The maximum absolute atomic E-state index is 9.96. The molecule has 0 saturated heterocycles. The lowest BCUT2D eigenvalue weighted by atomic mass is 10.1. The molecule has 3 aromatic rings. The predicted octanol–water partition coefficient (Wildman–Crippen LogP) is 3.30. The van der Waals surface area contributed by atoms with Crippen LogP contribution in [-0.2, 0) is 6.54 Å². The highest BCUT2D eigenvalue weighted by atomic mass is 35.5. The number of benzene rings is 1. The number of hydrogen-bond donors (Lipinski definition) is 2. The summed E-state index contributed by atoms with van der Waals surface area (Å²) < 4.78 is 5.16. The Kier molecular flexibility index (Phi) is 4.20. The number of nitrogens with zero attached hydrogens (tertiary/aromatic N) is 1. The summed E-state index contributed by atoms with van der Waals surface area (Å²) in [7, 11) is 0. The van der Waals surface area contributed by atoms with Gasteiger partial charge in [0.25, 0.3) is 0 Å². The fourth-order valence-electron chi connectivity index (χ4n) is 2.29. The summed E-state index contributed by atoms with van der Waals surface area (Å²) in [5.41, 5.74) is 1.92. The first-order valence-corrected chi connectivity index (χ1v) is 7.07. The number of furan rings is 1. The van der Waals surface area contributed by atoms with Gasteiger partial charge in [0.15, 0.2) is 0 Å². The first-order chi connectivity index (χ1) is 10.2. The van der Waals surface area contributed by atoms with E-state index in [4.69, 9.17) is 16.0 Å². The largest absolute Gasteiger partial charge is 0.467 e. The molecule has 3 rings (SSSR count). The van der Waals surface area contributed by atoms with Crippen LogP contribution in [0.5, 0.6) is 0 Å². The number of rotatable bonds is 5. The molecular weight excluding hydrogens is 288 g/mol. The lowest BCUT2D eigenvalue weighted by Gasteiger charge is -2.11. The van der Waals surface area contributed by atoms with Crippen molar-refractivity contribution >= 4 is 22.5 Å². The van der Waals surface area contributed by atoms with Crippen molar-refractivity contribution < 1.29 is 9.52 Å². The summed E-state index contributed by atoms with van der Waals surface area (Å²) in [5, 5.41) is 14.8. The summed E-state index contributed by atoms with van der Waals surface area (Å²) in [6.45, 7) is 0.972. The van der Waals surface area contributed by atoms with Gasteiger partial charge in [0, 0.05) is 29.7 Å². The van der Waals surface area contributed by atoms with Crippen molar-refractivity contribution in [3.05, 3.63) is 65.2 Å². The van der Waals surface area contributed by atoms with E-state index in [1.807, 2.05) is 24.3 Å². The van der Waals surface area contributed by atoms with E-state index in [-0.39, 0.29) is 0 Å². The van der Waals surface area contributed by atoms with Crippen molar-refractivity contribution in [2.45, 2.75) is 12.6 Å². The van der Waals surface area contributed by atoms with Crippen LogP contribution in [0.4, 0.5) is 0 Å². The van der Waals surface area contributed by atoms with Crippen LogP contribution in [0.1, 0.15) is 17.4 Å². The van der Waals surface area contributed by atoms with Gasteiger partial charge in [-0.2, -0.15) is 0 Å². The molecule has 0 spiro atoms. The van der Waals surface area contributed by atoms with Crippen molar-refractivity contribution in [1.29, 1.82) is 0 Å². The minimum Gasteiger partial charge on any atom is -0.467 e. The fraction of sp³-hybridized carbons (Fsp3) is 0.188. The Morgan fingerprint density at radius 3 is 3.00 bits per heavy atom. The number of pyridine rings is 1. The van der Waals surface area contributed by atoms with E-state index in [0.717, 1.165) is 16.5 Å². The average Bonchev–Trinajstić information content (AvgIpc) is 3.01. The molecule has 2 aromatic heterocycles. The summed E-state index contributed by atoms with van der Waals surface area (Å²) in [4.78, 5) is 4.39. The highest BCUT2D eigenvalue weighted by Gasteiger charge is 2.10. The molecule has 1 unspecified atom stereocenters. The normalized spacial score (nSPS) is 12.7. The van der Waals surface area contributed by atoms with Crippen LogP contribution in [0.25, 0.3) is 10.9 Å². The molecule has 1 atom stereocenters. The number of aliphatic hydroxyl groups excluding tert-OH is 1. The lowest BCUT2D eigenvalue weighted by Crippen LogP contribution is -2.21. The predicted molar refractivity (Wildman–Crippen MR) is 82.1 cm³/mol. The molecule has 4 nitrogen and oxygen atoms in total. The van der Waals surface area contributed by atoms with E-state index < -0.39 is 6.10 Å². The molecule has 2 heterocycles. The maximum atomic E-state index is 9.96. The van der Waals surface area contributed by atoms with Crippen molar-refractivity contribution in [2.24, 2.45) is 0 Å². The van der Waals surface area contributed by atoms with Gasteiger partial charge >= 0.3 is 0 Å². The number of fused-ring (bicyclic) bond motifs is 1. The zero-order valence-electron chi connectivity index (χ0n) is 11.3. The summed E-state index contributed by atoms with van der Waals surface area (Å²) in [5.74, 6) is 0.552. The second-order valence-corrected chi connectivity index (χ2v) is 5.24. The number of halogens is 1. The topological polar surface area (TPSA) is 58.3 Å². The monoisotopic (exact) mass is 302 g/mol. The number of aromatic nitrogens is 1. The summed E-state index contributed by atoms with van der Waals surface area (Å²) in [6, 6.07) is 11.2. The van der Waals surface area contributed by atoms with Crippen molar-refractivity contribution in [3.8, 4) is 0 Å². The Morgan fingerprint density at radius 2 is 2.19 bits per heavy atom. The van der Waals surface area contributed by atoms with Crippen LogP contribution in [0, 0.1) is 0 Å². The number of aliphatic hydroxyl groups is 1.